The Balaban J connectivity index is 1.85. The third-order valence-electron chi connectivity index (χ3n) is 4.45. The first-order valence-corrected chi connectivity index (χ1v) is 7.83. The van der Waals surface area contributed by atoms with Crippen molar-refractivity contribution in [2.45, 2.75) is 38.5 Å². The van der Waals surface area contributed by atoms with E-state index in [9.17, 15) is 4.79 Å². The minimum absolute atomic E-state index is 0.149. The number of ether oxygens (including phenoxy) is 1. The molecule has 2 aliphatic heterocycles. The number of rotatable bonds is 1. The number of amides is 1. The minimum atomic E-state index is 0.149. The smallest absolute Gasteiger partial charge is 0.230 e. The number of carbonyl (C=O) groups excluding carboxylic acids is 1. The first-order chi connectivity index (χ1) is 9.86. The Bertz CT molecular complexity index is 466. The molecule has 0 spiro atoms. The highest BCUT2D eigenvalue weighted by Gasteiger charge is 2.28. The number of para-hydroxylation sites is 1. The fraction of sp³-hybridized carbons (Fsp3) is 0.588. The van der Waals surface area contributed by atoms with Crippen LogP contribution < -0.4 is 4.90 Å². The van der Waals surface area contributed by atoms with Gasteiger partial charge in [0.25, 0.3) is 0 Å². The first kappa shape index (κ1) is 13.6. The van der Waals surface area contributed by atoms with E-state index in [4.69, 9.17) is 4.74 Å². The van der Waals surface area contributed by atoms with Crippen LogP contribution in [-0.2, 0) is 16.0 Å². The van der Waals surface area contributed by atoms with Crippen molar-refractivity contribution in [3.05, 3.63) is 29.8 Å². The number of anilines is 1. The molecule has 0 bridgehead atoms. The Kier molecular flexibility index (Phi) is 4.36. The summed E-state index contributed by atoms with van der Waals surface area (Å²) in [5.41, 5.74) is 2.47. The van der Waals surface area contributed by atoms with Gasteiger partial charge in [-0.2, -0.15) is 0 Å². The third kappa shape index (κ3) is 2.88. The molecule has 0 aliphatic carbocycles. The van der Waals surface area contributed by atoms with Crippen LogP contribution in [0.25, 0.3) is 0 Å². The van der Waals surface area contributed by atoms with E-state index < -0.39 is 0 Å². The molecule has 1 saturated heterocycles. The maximum atomic E-state index is 12.9. The molecule has 2 aliphatic rings. The summed E-state index contributed by atoms with van der Waals surface area (Å²) >= 11 is 0. The molecule has 1 amide bonds. The van der Waals surface area contributed by atoms with Crippen LogP contribution in [0.3, 0.4) is 0 Å². The van der Waals surface area contributed by atoms with Gasteiger partial charge in [-0.15, -0.1) is 0 Å². The topological polar surface area (TPSA) is 29.5 Å². The van der Waals surface area contributed by atoms with E-state index in [1.807, 2.05) is 11.0 Å². The molecule has 0 aromatic heterocycles. The third-order valence-corrected chi connectivity index (χ3v) is 4.45. The van der Waals surface area contributed by atoms with Crippen LogP contribution in [0.15, 0.2) is 24.3 Å². The summed E-state index contributed by atoms with van der Waals surface area (Å²) < 4.78 is 5.38. The highest BCUT2D eigenvalue weighted by Crippen LogP contribution is 2.28. The van der Waals surface area contributed by atoms with Crippen molar-refractivity contribution < 1.29 is 9.53 Å². The van der Waals surface area contributed by atoms with E-state index in [-0.39, 0.29) is 5.92 Å². The van der Waals surface area contributed by atoms with Gasteiger partial charge in [0, 0.05) is 31.4 Å². The van der Waals surface area contributed by atoms with Crippen LogP contribution in [0, 0.1) is 5.92 Å². The van der Waals surface area contributed by atoms with E-state index in [0.717, 1.165) is 51.1 Å². The second kappa shape index (κ2) is 6.40. The summed E-state index contributed by atoms with van der Waals surface area (Å²) in [7, 11) is 0. The van der Waals surface area contributed by atoms with Gasteiger partial charge in [-0.1, -0.05) is 24.6 Å². The maximum absolute atomic E-state index is 12.9. The van der Waals surface area contributed by atoms with Gasteiger partial charge < -0.3 is 9.64 Å². The van der Waals surface area contributed by atoms with Gasteiger partial charge in [0.2, 0.25) is 5.91 Å². The quantitative estimate of drug-likeness (QED) is 0.786. The maximum Gasteiger partial charge on any atom is 0.230 e. The molecule has 20 heavy (non-hydrogen) atoms. The molecule has 1 aromatic carbocycles. The Morgan fingerprint density at radius 2 is 1.90 bits per heavy atom. The van der Waals surface area contributed by atoms with Crippen LogP contribution in [0.5, 0.6) is 0 Å². The van der Waals surface area contributed by atoms with Crippen molar-refractivity contribution in [1.29, 1.82) is 0 Å². The number of nitrogens with zero attached hydrogens (tertiary/aromatic N) is 1. The lowest BCUT2D eigenvalue weighted by Gasteiger charge is -2.32. The molecule has 3 heteroatoms. The minimum Gasteiger partial charge on any atom is -0.381 e. The number of benzene rings is 1. The summed E-state index contributed by atoms with van der Waals surface area (Å²) in [5.74, 6) is 0.457. The van der Waals surface area contributed by atoms with E-state index in [1.165, 1.54) is 18.4 Å². The van der Waals surface area contributed by atoms with Crippen molar-refractivity contribution in [1.82, 2.24) is 0 Å². The molecule has 0 unspecified atom stereocenters. The molecule has 0 radical (unpaired) electrons. The standard InChI is InChI=1S/C17H23NO2/c19-17(15-9-12-20-13-10-15)18-11-5-1-2-6-14-7-3-4-8-16(14)18/h3-4,7-8,15H,1-2,5-6,9-13H2. The average molecular weight is 273 g/mol. The van der Waals surface area contributed by atoms with Crippen LogP contribution in [-0.4, -0.2) is 25.7 Å². The van der Waals surface area contributed by atoms with Crippen LogP contribution in [0.1, 0.15) is 37.7 Å². The molecular weight excluding hydrogens is 250 g/mol. The highest BCUT2D eigenvalue weighted by molar-refractivity contribution is 5.95. The fourth-order valence-corrected chi connectivity index (χ4v) is 3.26. The molecule has 108 valence electrons. The van der Waals surface area contributed by atoms with Gasteiger partial charge in [0.15, 0.2) is 0 Å². The Morgan fingerprint density at radius 1 is 1.10 bits per heavy atom. The van der Waals surface area contributed by atoms with Crippen molar-refractivity contribution in [2.75, 3.05) is 24.7 Å². The first-order valence-electron chi connectivity index (χ1n) is 7.83. The van der Waals surface area contributed by atoms with E-state index >= 15 is 0 Å². The fourth-order valence-electron chi connectivity index (χ4n) is 3.26. The van der Waals surface area contributed by atoms with Crippen LogP contribution in [0.2, 0.25) is 0 Å². The van der Waals surface area contributed by atoms with Crippen molar-refractivity contribution in [2.24, 2.45) is 5.92 Å². The number of fused-ring (bicyclic) bond motifs is 1. The van der Waals surface area contributed by atoms with Gasteiger partial charge in [-0.3, -0.25) is 4.79 Å². The number of aryl methyl sites for hydroxylation is 1. The van der Waals surface area contributed by atoms with Crippen molar-refractivity contribution in [3.63, 3.8) is 0 Å². The van der Waals surface area contributed by atoms with Gasteiger partial charge in [0.05, 0.1) is 0 Å². The molecule has 1 aromatic rings. The zero-order valence-corrected chi connectivity index (χ0v) is 12.0. The number of hydrogen-bond acceptors (Lipinski definition) is 2. The highest BCUT2D eigenvalue weighted by atomic mass is 16.5. The van der Waals surface area contributed by atoms with Gasteiger partial charge in [-0.05, 0) is 43.7 Å². The lowest BCUT2D eigenvalue weighted by molar-refractivity contribution is -0.125. The SMILES string of the molecule is O=C(C1CCOCC1)N1CCCCCc2ccccc21. The summed E-state index contributed by atoms with van der Waals surface area (Å²) in [6.07, 6.45) is 6.40. The molecule has 1 fully saturated rings. The van der Waals surface area contributed by atoms with Gasteiger partial charge >= 0.3 is 0 Å². The van der Waals surface area contributed by atoms with E-state index in [0.29, 0.717) is 5.91 Å². The molecule has 3 nitrogen and oxygen atoms in total. The van der Waals surface area contributed by atoms with Crippen LogP contribution >= 0.6 is 0 Å². The van der Waals surface area contributed by atoms with Crippen molar-refractivity contribution >= 4 is 11.6 Å². The van der Waals surface area contributed by atoms with E-state index in [1.54, 1.807) is 0 Å². The second-order valence-corrected chi connectivity index (χ2v) is 5.82. The lowest BCUT2D eigenvalue weighted by atomic mass is 9.95. The molecule has 2 heterocycles. The number of hydrogen-bond donors (Lipinski definition) is 0. The molecule has 0 saturated carbocycles. The van der Waals surface area contributed by atoms with Crippen LogP contribution in [0.4, 0.5) is 5.69 Å². The van der Waals surface area contributed by atoms with E-state index in [2.05, 4.69) is 18.2 Å². The molecule has 0 atom stereocenters. The molecular formula is C17H23NO2. The van der Waals surface area contributed by atoms with Gasteiger partial charge in [-0.25, -0.2) is 0 Å². The Labute approximate surface area is 120 Å². The second-order valence-electron chi connectivity index (χ2n) is 5.82. The normalized spacial score (nSPS) is 20.9. The van der Waals surface area contributed by atoms with Gasteiger partial charge in [0.1, 0.15) is 0 Å². The summed E-state index contributed by atoms with van der Waals surface area (Å²) in [6.45, 7) is 2.32. The Hall–Kier alpha value is -1.35. The summed E-state index contributed by atoms with van der Waals surface area (Å²) in [6, 6.07) is 8.41. The summed E-state index contributed by atoms with van der Waals surface area (Å²) in [5, 5.41) is 0. The molecule has 3 rings (SSSR count). The largest absolute Gasteiger partial charge is 0.381 e. The monoisotopic (exact) mass is 273 g/mol. The Morgan fingerprint density at radius 3 is 2.75 bits per heavy atom. The number of carbonyl (C=O) groups is 1. The predicted molar refractivity (Wildman–Crippen MR) is 79.9 cm³/mol. The lowest BCUT2D eigenvalue weighted by Crippen LogP contribution is -2.40. The molecule has 0 N–H and O–H groups in total. The zero-order chi connectivity index (χ0) is 13.8. The predicted octanol–water partition coefficient (Wildman–Crippen LogP) is 3.17. The average Bonchev–Trinajstić information content (AvgIpc) is 2.49. The summed E-state index contributed by atoms with van der Waals surface area (Å²) in [4.78, 5) is 14.9. The van der Waals surface area contributed by atoms with Crippen molar-refractivity contribution in [3.8, 4) is 0 Å². The zero-order valence-electron chi connectivity index (χ0n) is 12.0.